The number of carbonyl (C=O) groups is 1. The Morgan fingerprint density at radius 2 is 1.92 bits per heavy atom. The first-order valence-electron chi connectivity index (χ1n) is 11.7. The Morgan fingerprint density at radius 3 is 2.67 bits per heavy atom. The number of ether oxygens (including phenoxy) is 1. The maximum atomic E-state index is 13.6. The lowest BCUT2D eigenvalue weighted by Gasteiger charge is -2.34. The van der Waals surface area contributed by atoms with Gasteiger partial charge in [0.2, 0.25) is 0 Å². The third-order valence-electron chi connectivity index (χ3n) is 6.29. The second-order valence-electron chi connectivity index (χ2n) is 8.68. The largest absolute Gasteiger partial charge is 0.385 e. The van der Waals surface area contributed by atoms with Gasteiger partial charge in [-0.2, -0.15) is 0 Å². The number of hydrogen-bond acceptors (Lipinski definition) is 7. The van der Waals surface area contributed by atoms with Crippen LogP contribution in [0, 0.1) is 5.82 Å². The van der Waals surface area contributed by atoms with Crippen LogP contribution >= 0.6 is 0 Å². The fourth-order valence-corrected chi connectivity index (χ4v) is 4.32. The zero-order valence-corrected chi connectivity index (χ0v) is 19.9. The number of aromatic amines is 1. The summed E-state index contributed by atoms with van der Waals surface area (Å²) < 4.78 is 20.2. The van der Waals surface area contributed by atoms with Gasteiger partial charge < -0.3 is 14.6 Å². The van der Waals surface area contributed by atoms with Crippen molar-refractivity contribution in [3.8, 4) is 16.9 Å². The predicted octanol–water partition coefficient (Wildman–Crippen LogP) is 2.10. The summed E-state index contributed by atoms with van der Waals surface area (Å²) in [4.78, 5) is 36.2. The molecule has 4 heterocycles. The highest BCUT2D eigenvalue weighted by Crippen LogP contribution is 2.19. The van der Waals surface area contributed by atoms with Crippen molar-refractivity contribution in [3.05, 3.63) is 70.5 Å². The molecule has 0 radical (unpaired) electrons. The van der Waals surface area contributed by atoms with E-state index in [2.05, 4.69) is 25.2 Å². The third-order valence-corrected chi connectivity index (χ3v) is 6.29. The number of piperazine rings is 1. The Bertz CT molecular complexity index is 1430. The number of pyridine rings is 2. The number of rotatable bonds is 7. The quantitative estimate of drug-likeness (QED) is 0.395. The molecular formula is C25H26FN7O3. The van der Waals surface area contributed by atoms with Crippen LogP contribution in [0.15, 0.2) is 53.6 Å². The lowest BCUT2D eigenvalue weighted by atomic mass is 10.1. The minimum Gasteiger partial charge on any atom is -0.385 e. The average molecular weight is 492 g/mol. The monoisotopic (exact) mass is 491 g/mol. The van der Waals surface area contributed by atoms with Crippen molar-refractivity contribution in [1.82, 2.24) is 34.8 Å². The van der Waals surface area contributed by atoms with Gasteiger partial charge in [-0.05, 0) is 42.8 Å². The van der Waals surface area contributed by atoms with Crippen LogP contribution in [0.25, 0.3) is 28.0 Å². The van der Waals surface area contributed by atoms with Crippen LogP contribution in [0.1, 0.15) is 16.8 Å². The fourth-order valence-electron chi connectivity index (χ4n) is 4.32. The molecule has 1 aromatic carbocycles. The van der Waals surface area contributed by atoms with E-state index < -0.39 is 11.4 Å². The van der Waals surface area contributed by atoms with Crippen LogP contribution in [-0.4, -0.2) is 87.1 Å². The number of nitrogens with zero attached hydrogens (tertiary/aromatic N) is 6. The molecule has 1 fully saturated rings. The Morgan fingerprint density at radius 1 is 1.14 bits per heavy atom. The topological polar surface area (TPSA) is 109 Å². The van der Waals surface area contributed by atoms with Crippen molar-refractivity contribution in [1.29, 1.82) is 0 Å². The fraction of sp³-hybridized carbons (Fsp3) is 0.320. The summed E-state index contributed by atoms with van der Waals surface area (Å²) in [5, 5.41) is 8.68. The SMILES string of the molecule is COCCCN1CCN(C(=O)c2ccc(-n3cc(-c4cc5cc(F)cnc5[nH]c4=O)nn3)cc2)CC1. The van der Waals surface area contributed by atoms with E-state index in [1.807, 2.05) is 4.90 Å². The molecule has 0 unspecified atom stereocenters. The van der Waals surface area contributed by atoms with Gasteiger partial charge in [-0.15, -0.1) is 5.10 Å². The molecule has 10 nitrogen and oxygen atoms in total. The van der Waals surface area contributed by atoms with E-state index in [9.17, 15) is 14.0 Å². The number of carbonyl (C=O) groups excluding carboxylic acids is 1. The summed E-state index contributed by atoms with van der Waals surface area (Å²) in [7, 11) is 1.71. The van der Waals surface area contributed by atoms with Gasteiger partial charge in [0, 0.05) is 57.4 Å². The number of aromatic nitrogens is 5. The Balaban J connectivity index is 1.27. The number of hydrogen-bond donors (Lipinski definition) is 1. The first kappa shape index (κ1) is 23.8. The zero-order chi connectivity index (χ0) is 25.1. The highest BCUT2D eigenvalue weighted by atomic mass is 19.1. The molecule has 1 saturated heterocycles. The van der Waals surface area contributed by atoms with Gasteiger partial charge >= 0.3 is 0 Å². The van der Waals surface area contributed by atoms with E-state index in [0.29, 0.717) is 41.1 Å². The van der Waals surface area contributed by atoms with Gasteiger partial charge in [0.25, 0.3) is 11.5 Å². The highest BCUT2D eigenvalue weighted by Gasteiger charge is 2.22. The van der Waals surface area contributed by atoms with E-state index >= 15 is 0 Å². The van der Waals surface area contributed by atoms with Crippen LogP contribution in [0.4, 0.5) is 4.39 Å². The lowest BCUT2D eigenvalue weighted by Crippen LogP contribution is -2.48. The molecule has 11 heteroatoms. The number of benzene rings is 1. The van der Waals surface area contributed by atoms with Gasteiger partial charge in [0.15, 0.2) is 0 Å². The summed E-state index contributed by atoms with van der Waals surface area (Å²) >= 11 is 0. The average Bonchev–Trinajstić information content (AvgIpc) is 3.39. The minimum absolute atomic E-state index is 0.000843. The first-order valence-corrected chi connectivity index (χ1v) is 11.7. The molecule has 1 amide bonds. The van der Waals surface area contributed by atoms with Crippen molar-refractivity contribution < 1.29 is 13.9 Å². The number of methoxy groups -OCH3 is 1. The Labute approximate surface area is 206 Å². The van der Waals surface area contributed by atoms with E-state index in [4.69, 9.17) is 4.74 Å². The molecule has 4 aromatic rings. The van der Waals surface area contributed by atoms with Gasteiger partial charge in [0.1, 0.15) is 17.2 Å². The number of amides is 1. The Kier molecular flexibility index (Phi) is 6.83. The van der Waals surface area contributed by atoms with Crippen molar-refractivity contribution >= 4 is 16.9 Å². The van der Waals surface area contributed by atoms with E-state index in [0.717, 1.165) is 38.9 Å². The normalized spacial score (nSPS) is 14.4. The van der Waals surface area contributed by atoms with Crippen molar-refractivity contribution in [2.24, 2.45) is 0 Å². The van der Waals surface area contributed by atoms with E-state index in [1.54, 1.807) is 37.6 Å². The molecule has 5 rings (SSSR count). The molecule has 0 spiro atoms. The zero-order valence-electron chi connectivity index (χ0n) is 19.9. The van der Waals surface area contributed by atoms with Crippen molar-refractivity contribution in [2.45, 2.75) is 6.42 Å². The predicted molar refractivity (Wildman–Crippen MR) is 132 cm³/mol. The van der Waals surface area contributed by atoms with E-state index in [-0.39, 0.29) is 11.5 Å². The second kappa shape index (κ2) is 10.3. The summed E-state index contributed by atoms with van der Waals surface area (Å²) in [6.45, 7) is 4.81. The minimum atomic E-state index is -0.497. The smallest absolute Gasteiger partial charge is 0.259 e. The molecule has 0 bridgehead atoms. The maximum Gasteiger partial charge on any atom is 0.259 e. The number of nitrogens with one attached hydrogen (secondary N) is 1. The molecule has 0 saturated carbocycles. The summed E-state index contributed by atoms with van der Waals surface area (Å²) in [6, 6.07) is 9.94. The molecule has 3 aromatic heterocycles. The summed E-state index contributed by atoms with van der Waals surface area (Å²) in [5.41, 5.74) is 1.80. The van der Waals surface area contributed by atoms with E-state index in [1.165, 1.54) is 16.8 Å². The highest BCUT2D eigenvalue weighted by molar-refractivity contribution is 5.94. The molecule has 186 valence electrons. The molecule has 0 aliphatic carbocycles. The van der Waals surface area contributed by atoms with Crippen LogP contribution in [0.2, 0.25) is 0 Å². The molecule has 1 N–H and O–H groups in total. The van der Waals surface area contributed by atoms with Gasteiger partial charge in [-0.1, -0.05) is 5.21 Å². The summed E-state index contributed by atoms with van der Waals surface area (Å²) in [5.74, 6) is -0.497. The van der Waals surface area contributed by atoms with Gasteiger partial charge in [0.05, 0.1) is 23.6 Å². The van der Waals surface area contributed by atoms with Gasteiger partial charge in [-0.25, -0.2) is 14.1 Å². The molecule has 0 atom stereocenters. The van der Waals surface area contributed by atoms with Crippen molar-refractivity contribution in [2.75, 3.05) is 46.4 Å². The van der Waals surface area contributed by atoms with Gasteiger partial charge in [-0.3, -0.25) is 14.5 Å². The standard InChI is InChI=1S/C25H26FN7O3/c1-36-12-2-7-31-8-10-32(11-9-31)25(35)17-3-5-20(6-4-17)33-16-22(29-30-33)21-14-18-13-19(26)15-27-23(18)28-24(21)34/h3-6,13-16H,2,7-12H2,1H3,(H,27,28,34). The Hall–Kier alpha value is -3.96. The second-order valence-corrected chi connectivity index (χ2v) is 8.68. The number of fused-ring (bicyclic) bond motifs is 1. The molecule has 1 aliphatic rings. The first-order chi connectivity index (χ1) is 17.5. The molecule has 36 heavy (non-hydrogen) atoms. The van der Waals surface area contributed by atoms with Crippen LogP contribution < -0.4 is 5.56 Å². The maximum absolute atomic E-state index is 13.6. The number of H-pyrrole nitrogens is 1. The van der Waals surface area contributed by atoms with Crippen LogP contribution in [-0.2, 0) is 4.74 Å². The van der Waals surface area contributed by atoms with Crippen LogP contribution in [0.3, 0.4) is 0 Å². The number of halogens is 1. The molecular weight excluding hydrogens is 465 g/mol. The van der Waals surface area contributed by atoms with Crippen molar-refractivity contribution in [3.63, 3.8) is 0 Å². The lowest BCUT2D eigenvalue weighted by molar-refractivity contribution is 0.0624. The molecule has 1 aliphatic heterocycles. The van der Waals surface area contributed by atoms with Crippen LogP contribution in [0.5, 0.6) is 0 Å². The summed E-state index contributed by atoms with van der Waals surface area (Å²) in [6.07, 6.45) is 3.65. The third kappa shape index (κ3) is 5.02.